The van der Waals surface area contributed by atoms with Crippen LogP contribution < -0.4 is 15.4 Å². The summed E-state index contributed by atoms with van der Waals surface area (Å²) in [5.74, 6) is -0.426. The van der Waals surface area contributed by atoms with Crippen molar-refractivity contribution in [2.24, 2.45) is 0 Å². The largest absolute Gasteiger partial charge is 0.482 e. The fourth-order valence-electron chi connectivity index (χ4n) is 3.00. The molecule has 0 atom stereocenters. The number of ether oxygens (including phenoxy) is 1. The summed E-state index contributed by atoms with van der Waals surface area (Å²) >= 11 is 0. The van der Waals surface area contributed by atoms with E-state index in [1.165, 1.54) is 12.3 Å². The summed E-state index contributed by atoms with van der Waals surface area (Å²) in [5, 5.41) is 6.31. The monoisotopic (exact) mass is 295 g/mol. The molecule has 0 unspecified atom stereocenters. The van der Waals surface area contributed by atoms with Gasteiger partial charge in [-0.25, -0.2) is 4.39 Å². The van der Waals surface area contributed by atoms with Crippen molar-refractivity contribution in [3.63, 3.8) is 0 Å². The lowest BCUT2D eigenvalue weighted by molar-refractivity contribution is -0.127. The number of rotatable bonds is 6. The number of nitrogens with zero attached hydrogens (tertiary/aromatic N) is 1. The van der Waals surface area contributed by atoms with Gasteiger partial charge in [-0.15, -0.1) is 0 Å². The molecule has 0 bridgehead atoms. The Morgan fingerprint density at radius 3 is 2.76 bits per heavy atom. The summed E-state index contributed by atoms with van der Waals surface area (Å²) in [6.07, 6.45) is 5.12. The Morgan fingerprint density at radius 1 is 1.48 bits per heavy atom. The minimum absolute atomic E-state index is 0.0800. The van der Waals surface area contributed by atoms with E-state index in [0.717, 1.165) is 25.5 Å². The number of halogens is 1. The molecule has 6 heteroatoms. The van der Waals surface area contributed by atoms with Crippen molar-refractivity contribution in [2.45, 2.75) is 44.2 Å². The van der Waals surface area contributed by atoms with Crippen LogP contribution in [0.15, 0.2) is 18.5 Å². The molecule has 1 amide bonds. The van der Waals surface area contributed by atoms with Crippen LogP contribution in [0.3, 0.4) is 0 Å². The van der Waals surface area contributed by atoms with Gasteiger partial charge in [0.25, 0.3) is 5.91 Å². The van der Waals surface area contributed by atoms with Crippen LogP contribution >= 0.6 is 0 Å². The lowest BCUT2D eigenvalue weighted by atomic mass is 9.62. The molecule has 1 heterocycles. The lowest BCUT2D eigenvalue weighted by Gasteiger charge is -2.54. The number of carbonyl (C=O) groups excluding carboxylic acids is 1. The number of pyridine rings is 1. The second kappa shape index (κ2) is 5.97. The molecule has 1 aromatic heterocycles. The maximum atomic E-state index is 13.0. The molecule has 2 N–H and O–H groups in total. The molecule has 1 aliphatic carbocycles. The number of nitrogens with one attached hydrogen (secondary N) is 2. The molecular weight excluding hydrogens is 273 g/mol. The first-order valence-electron chi connectivity index (χ1n) is 7.14. The average Bonchev–Trinajstić information content (AvgIpc) is 2.43. The average molecular weight is 295 g/mol. The first-order valence-corrected chi connectivity index (χ1v) is 7.14. The third-order valence-electron chi connectivity index (χ3n) is 4.19. The highest BCUT2D eigenvalue weighted by atomic mass is 19.1. The van der Waals surface area contributed by atoms with Gasteiger partial charge < -0.3 is 15.4 Å². The van der Waals surface area contributed by atoms with Gasteiger partial charge in [-0.05, 0) is 33.2 Å². The molecule has 1 fully saturated rings. The molecule has 0 saturated heterocycles. The van der Waals surface area contributed by atoms with Crippen LogP contribution in [0.25, 0.3) is 0 Å². The predicted octanol–water partition coefficient (Wildman–Crippen LogP) is 1.64. The highest BCUT2D eigenvalue weighted by Gasteiger charge is 2.50. The number of amides is 1. The topological polar surface area (TPSA) is 63.2 Å². The first kappa shape index (κ1) is 15.7. The third kappa shape index (κ3) is 3.69. The Labute approximate surface area is 124 Å². The van der Waals surface area contributed by atoms with Gasteiger partial charge in [0.15, 0.2) is 6.61 Å². The quantitative estimate of drug-likeness (QED) is 0.837. The van der Waals surface area contributed by atoms with Crippen molar-refractivity contribution in [3.8, 4) is 5.75 Å². The fraction of sp³-hybridized carbons (Fsp3) is 0.600. The van der Waals surface area contributed by atoms with Crippen LogP contribution in [0.1, 0.15) is 33.1 Å². The Morgan fingerprint density at radius 2 is 2.19 bits per heavy atom. The van der Waals surface area contributed by atoms with Crippen LogP contribution in [0, 0.1) is 5.82 Å². The summed E-state index contributed by atoms with van der Waals surface area (Å²) in [5.41, 5.74) is -0.0883. The maximum Gasteiger partial charge on any atom is 0.258 e. The molecule has 1 saturated carbocycles. The summed E-state index contributed by atoms with van der Waals surface area (Å²) in [4.78, 5) is 15.7. The van der Waals surface area contributed by atoms with Gasteiger partial charge in [0.1, 0.15) is 11.6 Å². The zero-order valence-corrected chi connectivity index (χ0v) is 12.7. The molecule has 1 aliphatic rings. The normalized spacial score (nSPS) is 27.8. The predicted molar refractivity (Wildman–Crippen MR) is 77.6 cm³/mol. The van der Waals surface area contributed by atoms with E-state index >= 15 is 0 Å². The van der Waals surface area contributed by atoms with Crippen molar-refractivity contribution in [3.05, 3.63) is 24.3 Å². The van der Waals surface area contributed by atoms with E-state index in [9.17, 15) is 9.18 Å². The summed E-state index contributed by atoms with van der Waals surface area (Å²) in [7, 11) is 1.93. The zero-order valence-electron chi connectivity index (χ0n) is 12.7. The van der Waals surface area contributed by atoms with Crippen LogP contribution in [0.4, 0.5) is 4.39 Å². The van der Waals surface area contributed by atoms with Gasteiger partial charge in [-0.2, -0.15) is 0 Å². The van der Waals surface area contributed by atoms with Gasteiger partial charge in [0.05, 0.1) is 12.4 Å². The minimum Gasteiger partial charge on any atom is -0.482 e. The summed E-state index contributed by atoms with van der Waals surface area (Å²) in [6, 6.07) is 1.21. The molecule has 0 aromatic carbocycles. The van der Waals surface area contributed by atoms with Gasteiger partial charge in [-0.3, -0.25) is 9.78 Å². The molecule has 0 aliphatic heterocycles. The fourth-order valence-corrected chi connectivity index (χ4v) is 3.00. The van der Waals surface area contributed by atoms with E-state index in [1.807, 2.05) is 7.05 Å². The first-order chi connectivity index (χ1) is 9.90. The van der Waals surface area contributed by atoms with E-state index in [-0.39, 0.29) is 29.3 Å². The lowest BCUT2D eigenvalue weighted by Crippen LogP contribution is -2.68. The second-order valence-electron chi connectivity index (χ2n) is 5.97. The van der Waals surface area contributed by atoms with Gasteiger partial charge in [0, 0.05) is 17.1 Å². The van der Waals surface area contributed by atoms with Crippen LogP contribution in [0.5, 0.6) is 5.75 Å². The van der Waals surface area contributed by atoms with Crippen molar-refractivity contribution in [1.82, 2.24) is 15.6 Å². The molecule has 0 radical (unpaired) electrons. The Kier molecular flexibility index (Phi) is 4.46. The Bertz CT molecular complexity index is 515. The molecule has 5 nitrogen and oxygen atoms in total. The summed E-state index contributed by atoms with van der Waals surface area (Å²) < 4.78 is 18.2. The second-order valence-corrected chi connectivity index (χ2v) is 5.97. The number of hydrogen-bond donors (Lipinski definition) is 2. The Hall–Kier alpha value is -1.69. The highest BCUT2D eigenvalue weighted by molar-refractivity contribution is 5.78. The third-order valence-corrected chi connectivity index (χ3v) is 4.19. The van der Waals surface area contributed by atoms with Crippen LogP contribution in [-0.4, -0.2) is 35.6 Å². The molecule has 0 spiro atoms. The van der Waals surface area contributed by atoms with E-state index in [0.29, 0.717) is 0 Å². The highest BCUT2D eigenvalue weighted by Crippen LogP contribution is 2.42. The SMILES string of the molecule is CCC1(NC(=O)COc2cncc(F)c2)CC(C)(NC)C1. The van der Waals surface area contributed by atoms with E-state index in [4.69, 9.17) is 4.74 Å². The van der Waals surface area contributed by atoms with Crippen LogP contribution in [-0.2, 0) is 4.79 Å². The van der Waals surface area contributed by atoms with E-state index in [1.54, 1.807) is 0 Å². The summed E-state index contributed by atoms with van der Waals surface area (Å²) in [6.45, 7) is 4.07. The molecule has 1 aromatic rings. The molecular formula is C15H22FN3O2. The van der Waals surface area contributed by atoms with Gasteiger partial charge in [0.2, 0.25) is 0 Å². The van der Waals surface area contributed by atoms with Crippen molar-refractivity contribution >= 4 is 5.91 Å². The number of carbonyl (C=O) groups is 1. The maximum absolute atomic E-state index is 13.0. The molecule has 21 heavy (non-hydrogen) atoms. The number of aromatic nitrogens is 1. The Balaban J connectivity index is 1.84. The van der Waals surface area contributed by atoms with Crippen molar-refractivity contribution in [1.29, 1.82) is 0 Å². The van der Waals surface area contributed by atoms with E-state index < -0.39 is 5.82 Å². The standard InChI is InChI=1S/C15H22FN3O2/c1-4-15(9-14(2,10-15)17-3)19-13(20)8-21-12-5-11(16)6-18-7-12/h5-7,17H,4,8-10H2,1-3H3,(H,19,20). The van der Waals surface area contributed by atoms with Crippen LogP contribution in [0.2, 0.25) is 0 Å². The van der Waals surface area contributed by atoms with Gasteiger partial charge >= 0.3 is 0 Å². The van der Waals surface area contributed by atoms with E-state index in [2.05, 4.69) is 29.5 Å². The zero-order chi connectivity index (χ0) is 15.5. The minimum atomic E-state index is -0.485. The smallest absolute Gasteiger partial charge is 0.258 e. The molecule has 2 rings (SSSR count). The van der Waals surface area contributed by atoms with Crippen molar-refractivity contribution in [2.75, 3.05) is 13.7 Å². The van der Waals surface area contributed by atoms with Gasteiger partial charge in [-0.1, -0.05) is 6.92 Å². The number of hydrogen-bond acceptors (Lipinski definition) is 4. The van der Waals surface area contributed by atoms with Crippen molar-refractivity contribution < 1.29 is 13.9 Å². The molecule has 116 valence electrons.